The van der Waals surface area contributed by atoms with Gasteiger partial charge in [-0.3, -0.25) is 0 Å². The molecule has 0 aromatic carbocycles. The average molecular weight is 282 g/mol. The summed E-state index contributed by atoms with van der Waals surface area (Å²) in [5.74, 6) is 2.87. The molecule has 2 aliphatic carbocycles. The maximum absolute atomic E-state index is 8.98. The number of halogens is 1. The summed E-state index contributed by atoms with van der Waals surface area (Å²) in [5, 5.41) is 13.4. The molecule has 0 saturated heterocycles. The molecule has 0 unspecified atom stereocenters. The van der Waals surface area contributed by atoms with Crippen molar-refractivity contribution in [3.63, 3.8) is 0 Å². The van der Waals surface area contributed by atoms with E-state index in [0.717, 1.165) is 29.3 Å². The third kappa shape index (κ3) is 2.22. The summed E-state index contributed by atoms with van der Waals surface area (Å²) in [6, 6.07) is 2.10. The molecule has 1 aromatic heterocycles. The first-order valence-electron chi connectivity index (χ1n) is 6.57. The minimum absolute atomic E-state index is 0.324. The van der Waals surface area contributed by atoms with Crippen LogP contribution in [0.5, 0.6) is 0 Å². The number of hydrogen-bond acceptors (Lipinski definition) is 4. The Balaban J connectivity index is 1.51. The zero-order valence-corrected chi connectivity index (χ0v) is 11.7. The molecule has 96 valence electrons. The molecule has 2 aliphatic rings. The summed E-state index contributed by atoms with van der Waals surface area (Å²) >= 11 is 7.12. The minimum atomic E-state index is 0.324. The highest BCUT2D eigenvalue weighted by molar-refractivity contribution is 7.10. The van der Waals surface area contributed by atoms with Crippen molar-refractivity contribution in [3.05, 3.63) is 10.7 Å². The van der Waals surface area contributed by atoms with Gasteiger partial charge in [-0.15, -0.1) is 0 Å². The third-order valence-corrected chi connectivity index (χ3v) is 5.63. The molecule has 0 amide bonds. The van der Waals surface area contributed by atoms with Crippen molar-refractivity contribution >= 4 is 28.1 Å². The van der Waals surface area contributed by atoms with Crippen molar-refractivity contribution < 1.29 is 0 Å². The van der Waals surface area contributed by atoms with E-state index in [1.807, 2.05) is 0 Å². The molecule has 1 heterocycles. The van der Waals surface area contributed by atoms with E-state index in [0.29, 0.717) is 10.7 Å². The molecule has 0 radical (unpaired) electrons. The summed E-state index contributed by atoms with van der Waals surface area (Å²) < 4.78 is 4.00. The number of hydrogen-bond donors (Lipinski definition) is 1. The lowest BCUT2D eigenvalue weighted by Gasteiger charge is -2.21. The van der Waals surface area contributed by atoms with Gasteiger partial charge in [0.15, 0.2) is 5.15 Å². The van der Waals surface area contributed by atoms with Crippen LogP contribution in [0.25, 0.3) is 0 Å². The highest BCUT2D eigenvalue weighted by Crippen LogP contribution is 2.49. The topological polar surface area (TPSA) is 48.7 Å². The molecule has 2 fully saturated rings. The first-order chi connectivity index (χ1) is 8.78. The monoisotopic (exact) mass is 281 g/mol. The fourth-order valence-electron chi connectivity index (χ4n) is 3.59. The maximum Gasteiger partial charge on any atom is 0.162 e. The molecule has 0 aliphatic heterocycles. The standard InChI is InChI=1S/C13H16ClN3S/c14-12-11(7-15)13(18-17-12)16-4-3-10-6-8-1-2-9(10)5-8/h8-10,16H,1-6H2/t8-,9-,10+/m0/s1. The van der Waals surface area contributed by atoms with Crippen molar-refractivity contribution in [1.29, 1.82) is 5.26 Å². The Morgan fingerprint density at radius 3 is 3.00 bits per heavy atom. The molecule has 2 saturated carbocycles. The normalized spacial score (nSPS) is 29.4. The molecule has 0 spiro atoms. The lowest BCUT2D eigenvalue weighted by atomic mass is 9.86. The number of anilines is 1. The Labute approximate surface area is 116 Å². The fourth-order valence-corrected chi connectivity index (χ4v) is 4.55. The van der Waals surface area contributed by atoms with Crippen molar-refractivity contribution in [2.24, 2.45) is 17.8 Å². The zero-order chi connectivity index (χ0) is 12.5. The summed E-state index contributed by atoms with van der Waals surface area (Å²) in [4.78, 5) is 0. The van der Waals surface area contributed by atoms with Gasteiger partial charge in [-0.2, -0.15) is 9.64 Å². The van der Waals surface area contributed by atoms with Gasteiger partial charge in [0.1, 0.15) is 16.6 Å². The molecule has 1 aromatic rings. The number of nitrogens with one attached hydrogen (secondary N) is 1. The van der Waals surface area contributed by atoms with Crippen LogP contribution in [0, 0.1) is 29.1 Å². The zero-order valence-electron chi connectivity index (χ0n) is 10.2. The predicted molar refractivity (Wildman–Crippen MR) is 73.9 cm³/mol. The van der Waals surface area contributed by atoms with E-state index in [2.05, 4.69) is 15.8 Å². The van der Waals surface area contributed by atoms with E-state index >= 15 is 0 Å². The van der Waals surface area contributed by atoms with Crippen LogP contribution in [0.1, 0.15) is 37.7 Å². The predicted octanol–water partition coefficient (Wildman–Crippen LogP) is 3.91. The van der Waals surface area contributed by atoms with Gasteiger partial charge in [0.05, 0.1) is 0 Å². The van der Waals surface area contributed by atoms with E-state index < -0.39 is 0 Å². The molecule has 2 bridgehead atoms. The van der Waals surface area contributed by atoms with Gasteiger partial charge < -0.3 is 5.32 Å². The first kappa shape index (κ1) is 12.3. The number of fused-ring (bicyclic) bond motifs is 2. The van der Waals surface area contributed by atoms with Crippen LogP contribution >= 0.6 is 23.1 Å². The van der Waals surface area contributed by atoms with Crippen LogP contribution in [0.3, 0.4) is 0 Å². The van der Waals surface area contributed by atoms with Gasteiger partial charge in [-0.1, -0.05) is 18.0 Å². The quantitative estimate of drug-likeness (QED) is 0.910. The second-order valence-electron chi connectivity index (χ2n) is 5.44. The maximum atomic E-state index is 8.98. The number of rotatable bonds is 4. The molecular weight excluding hydrogens is 266 g/mol. The van der Waals surface area contributed by atoms with Crippen molar-refractivity contribution in [2.45, 2.75) is 32.1 Å². The molecule has 3 atom stereocenters. The van der Waals surface area contributed by atoms with E-state index in [1.54, 1.807) is 0 Å². The van der Waals surface area contributed by atoms with Gasteiger partial charge in [-0.25, -0.2) is 0 Å². The van der Waals surface area contributed by atoms with E-state index in [1.165, 1.54) is 43.6 Å². The Kier molecular flexibility index (Phi) is 3.45. The van der Waals surface area contributed by atoms with Crippen molar-refractivity contribution in [3.8, 4) is 6.07 Å². The first-order valence-corrected chi connectivity index (χ1v) is 7.72. The molecule has 3 nitrogen and oxygen atoms in total. The minimum Gasteiger partial charge on any atom is -0.375 e. The molecule has 3 rings (SSSR count). The number of nitriles is 1. The summed E-state index contributed by atoms with van der Waals surface area (Å²) in [7, 11) is 0. The number of nitrogens with zero attached hydrogens (tertiary/aromatic N) is 2. The van der Waals surface area contributed by atoms with Gasteiger partial charge in [0, 0.05) is 6.54 Å². The lowest BCUT2D eigenvalue weighted by molar-refractivity contribution is 0.321. The van der Waals surface area contributed by atoms with Crippen LogP contribution < -0.4 is 5.32 Å². The Bertz CT molecular complexity index is 479. The number of aromatic nitrogens is 1. The summed E-state index contributed by atoms with van der Waals surface area (Å²) in [6.45, 7) is 0.932. The van der Waals surface area contributed by atoms with Gasteiger partial charge in [0.2, 0.25) is 0 Å². The Morgan fingerprint density at radius 2 is 2.33 bits per heavy atom. The van der Waals surface area contributed by atoms with E-state index in [9.17, 15) is 0 Å². The fraction of sp³-hybridized carbons (Fsp3) is 0.692. The Morgan fingerprint density at radius 1 is 1.44 bits per heavy atom. The van der Waals surface area contributed by atoms with Crippen LogP contribution in [-0.2, 0) is 0 Å². The largest absolute Gasteiger partial charge is 0.375 e. The second kappa shape index (κ2) is 5.07. The second-order valence-corrected chi connectivity index (χ2v) is 6.57. The molecular formula is C13H16ClN3S. The average Bonchev–Trinajstić information content (AvgIpc) is 3.05. The molecule has 18 heavy (non-hydrogen) atoms. The lowest BCUT2D eigenvalue weighted by Crippen LogP contribution is -2.15. The van der Waals surface area contributed by atoms with Crippen LogP contribution in [0.15, 0.2) is 0 Å². The van der Waals surface area contributed by atoms with Gasteiger partial charge in [0.25, 0.3) is 0 Å². The smallest absolute Gasteiger partial charge is 0.162 e. The van der Waals surface area contributed by atoms with Crippen LogP contribution in [0.4, 0.5) is 5.00 Å². The summed E-state index contributed by atoms with van der Waals surface area (Å²) in [5.41, 5.74) is 0.495. The van der Waals surface area contributed by atoms with E-state index in [-0.39, 0.29) is 0 Å². The van der Waals surface area contributed by atoms with Gasteiger partial charge in [-0.05, 0) is 55.0 Å². The molecule has 1 N–H and O–H groups in total. The van der Waals surface area contributed by atoms with Crippen molar-refractivity contribution in [1.82, 2.24) is 4.37 Å². The van der Waals surface area contributed by atoms with Gasteiger partial charge >= 0.3 is 0 Å². The summed E-state index contributed by atoms with van der Waals surface area (Å²) in [6.07, 6.45) is 6.98. The highest BCUT2D eigenvalue weighted by Gasteiger charge is 2.38. The van der Waals surface area contributed by atoms with Crippen molar-refractivity contribution in [2.75, 3.05) is 11.9 Å². The molecule has 5 heteroatoms. The van der Waals surface area contributed by atoms with Crippen LogP contribution in [-0.4, -0.2) is 10.9 Å². The highest BCUT2D eigenvalue weighted by atomic mass is 35.5. The Hall–Kier alpha value is -0.790. The van der Waals surface area contributed by atoms with E-state index in [4.69, 9.17) is 16.9 Å². The third-order valence-electron chi connectivity index (χ3n) is 4.45. The SMILES string of the molecule is N#Cc1c(Cl)nsc1NCC[C@@H]1C[C@H]2CC[C@H]1C2. The van der Waals surface area contributed by atoms with Crippen LogP contribution in [0.2, 0.25) is 5.15 Å².